The van der Waals surface area contributed by atoms with E-state index in [1.165, 1.54) is 7.11 Å². The van der Waals surface area contributed by atoms with Crippen LogP contribution in [0.3, 0.4) is 0 Å². The van der Waals surface area contributed by atoms with Gasteiger partial charge in [-0.05, 0) is 42.8 Å². The zero-order valence-corrected chi connectivity index (χ0v) is 15.2. The number of carbonyl (C=O) groups is 1. The lowest BCUT2D eigenvalue weighted by atomic mass is 10.2. The number of anilines is 2. The van der Waals surface area contributed by atoms with Gasteiger partial charge in [0.25, 0.3) is 5.76 Å². The van der Waals surface area contributed by atoms with Crippen LogP contribution in [0, 0.1) is 6.92 Å². The minimum atomic E-state index is -2.46. The number of alkyl halides is 2. The molecular weight excluding hydrogens is 370 g/mol. The van der Waals surface area contributed by atoms with Gasteiger partial charge in [0.2, 0.25) is 5.91 Å². The highest BCUT2D eigenvalue weighted by Gasteiger charge is 2.10. The van der Waals surface area contributed by atoms with Gasteiger partial charge < -0.3 is 15.4 Å². The average molecular weight is 387 g/mol. The summed E-state index contributed by atoms with van der Waals surface area (Å²) in [5, 5.41) is 6.23. The maximum Gasteiger partial charge on any atom is 0.288 e. The van der Waals surface area contributed by atoms with Gasteiger partial charge in [0.15, 0.2) is 0 Å². The van der Waals surface area contributed by atoms with Gasteiger partial charge in [-0.25, -0.2) is 0 Å². The number of nitrogens with one attached hydrogen (secondary N) is 2. The third-order valence-electron chi connectivity index (χ3n) is 3.29. The Bertz CT molecular complexity index is 742. The fraction of sp³-hybridized carbons (Fsp3) is 0.235. The van der Waals surface area contributed by atoms with E-state index in [0.717, 1.165) is 5.56 Å². The first kappa shape index (κ1) is 19.3. The van der Waals surface area contributed by atoms with Crippen molar-refractivity contribution in [2.75, 3.05) is 24.3 Å². The van der Waals surface area contributed by atoms with Gasteiger partial charge in [0.05, 0.1) is 19.3 Å². The summed E-state index contributed by atoms with van der Waals surface area (Å²) < 4.78 is 29.8. The molecule has 0 bridgehead atoms. The minimum absolute atomic E-state index is 0.0200. The molecule has 2 N–H and O–H groups in total. The van der Waals surface area contributed by atoms with Crippen LogP contribution < -0.4 is 15.4 Å². The van der Waals surface area contributed by atoms with Gasteiger partial charge in [0, 0.05) is 21.7 Å². The van der Waals surface area contributed by atoms with Crippen LogP contribution in [0.2, 0.25) is 5.02 Å². The average Bonchev–Trinajstić information content (AvgIpc) is 2.57. The molecule has 0 aliphatic rings. The Hall–Kier alpha value is -1.99. The second kappa shape index (κ2) is 8.92. The highest BCUT2D eigenvalue weighted by atomic mass is 35.5. The van der Waals surface area contributed by atoms with E-state index in [-0.39, 0.29) is 12.5 Å². The minimum Gasteiger partial charge on any atom is -0.495 e. The molecule has 0 unspecified atom stereocenters. The number of amides is 1. The molecule has 25 heavy (non-hydrogen) atoms. The van der Waals surface area contributed by atoms with Crippen LogP contribution in [-0.2, 0) is 4.79 Å². The number of benzene rings is 2. The Morgan fingerprint density at radius 2 is 1.96 bits per heavy atom. The molecule has 0 fully saturated rings. The second-order valence-electron chi connectivity index (χ2n) is 5.11. The van der Waals surface area contributed by atoms with Gasteiger partial charge in [-0.3, -0.25) is 4.79 Å². The molecule has 1 amide bonds. The van der Waals surface area contributed by atoms with Crippen LogP contribution in [0.25, 0.3) is 0 Å². The highest BCUT2D eigenvalue weighted by molar-refractivity contribution is 7.99. The highest BCUT2D eigenvalue weighted by Crippen LogP contribution is 2.31. The molecule has 0 radical (unpaired) electrons. The Morgan fingerprint density at radius 1 is 1.28 bits per heavy atom. The van der Waals surface area contributed by atoms with Crippen molar-refractivity contribution in [3.8, 4) is 5.75 Å². The molecule has 0 saturated heterocycles. The van der Waals surface area contributed by atoms with Crippen LogP contribution in [-0.4, -0.2) is 25.3 Å². The Kier molecular flexibility index (Phi) is 6.90. The van der Waals surface area contributed by atoms with Gasteiger partial charge >= 0.3 is 0 Å². The first-order chi connectivity index (χ1) is 11.9. The van der Waals surface area contributed by atoms with E-state index in [9.17, 15) is 13.6 Å². The van der Waals surface area contributed by atoms with Gasteiger partial charge in [0.1, 0.15) is 5.75 Å². The van der Waals surface area contributed by atoms with E-state index in [2.05, 4.69) is 10.6 Å². The van der Waals surface area contributed by atoms with E-state index < -0.39 is 5.76 Å². The molecule has 0 heterocycles. The molecule has 4 nitrogen and oxygen atoms in total. The molecule has 0 aliphatic carbocycles. The molecule has 0 aromatic heterocycles. The van der Waals surface area contributed by atoms with Crippen molar-refractivity contribution < 1.29 is 18.3 Å². The predicted octanol–water partition coefficient (Wildman–Crippen LogP) is 5.02. The van der Waals surface area contributed by atoms with Crippen molar-refractivity contribution in [3.63, 3.8) is 0 Å². The number of halogens is 3. The summed E-state index contributed by atoms with van der Waals surface area (Å²) in [6.45, 7) is 1.85. The first-order valence-electron chi connectivity index (χ1n) is 7.31. The lowest BCUT2D eigenvalue weighted by Gasteiger charge is -2.13. The Morgan fingerprint density at radius 3 is 2.56 bits per heavy atom. The second-order valence-corrected chi connectivity index (χ2v) is 6.58. The molecule has 8 heteroatoms. The summed E-state index contributed by atoms with van der Waals surface area (Å²) in [6.07, 6.45) is 0. The monoisotopic (exact) mass is 386 g/mol. The number of hydrogen-bond acceptors (Lipinski definition) is 4. The van der Waals surface area contributed by atoms with Crippen molar-refractivity contribution in [2.24, 2.45) is 0 Å². The lowest BCUT2D eigenvalue weighted by Crippen LogP contribution is -2.22. The predicted molar refractivity (Wildman–Crippen MR) is 98.2 cm³/mol. The maximum atomic E-state index is 12.3. The Balaban J connectivity index is 1.94. The first-order valence-corrected chi connectivity index (χ1v) is 8.57. The molecule has 134 valence electrons. The molecular formula is C17H17ClF2N2O2S. The Labute approximate surface area is 153 Å². The van der Waals surface area contributed by atoms with Crippen molar-refractivity contribution in [1.29, 1.82) is 0 Å². The van der Waals surface area contributed by atoms with E-state index in [0.29, 0.717) is 38.8 Å². The van der Waals surface area contributed by atoms with Crippen LogP contribution >= 0.6 is 23.4 Å². The molecule has 2 aromatic carbocycles. The van der Waals surface area contributed by atoms with Crippen molar-refractivity contribution >= 4 is 40.6 Å². The molecule has 0 saturated carbocycles. The summed E-state index contributed by atoms with van der Waals surface area (Å²) in [5.74, 6) is -2.26. The largest absolute Gasteiger partial charge is 0.495 e. The molecule has 0 spiro atoms. The zero-order chi connectivity index (χ0) is 18.4. The van der Waals surface area contributed by atoms with E-state index in [1.54, 1.807) is 36.4 Å². The third kappa shape index (κ3) is 5.79. The molecule has 0 atom stereocenters. The number of hydrogen-bond donors (Lipinski definition) is 2. The van der Waals surface area contributed by atoms with Gasteiger partial charge in [-0.15, -0.1) is 0 Å². The number of thioether (sulfide) groups is 1. The topological polar surface area (TPSA) is 50.4 Å². The van der Waals surface area contributed by atoms with Crippen LogP contribution in [0.4, 0.5) is 20.2 Å². The third-order valence-corrected chi connectivity index (χ3v) is 4.42. The fourth-order valence-electron chi connectivity index (χ4n) is 2.06. The number of aryl methyl sites for hydroxylation is 1. The maximum absolute atomic E-state index is 12.3. The quantitative estimate of drug-likeness (QED) is 0.656. The van der Waals surface area contributed by atoms with Crippen molar-refractivity contribution in [1.82, 2.24) is 0 Å². The van der Waals surface area contributed by atoms with Crippen molar-refractivity contribution in [2.45, 2.75) is 17.6 Å². The molecule has 2 rings (SSSR count). The number of ether oxygens (including phenoxy) is 1. The number of carbonyl (C=O) groups excluding carboxylic acids is 1. The SMILES string of the molecule is COc1cc(Cl)c(C)cc1NC(=O)CNc1ccc(SC(F)F)cc1. The normalized spacial score (nSPS) is 10.6. The van der Waals surface area contributed by atoms with Crippen LogP contribution in [0.15, 0.2) is 41.3 Å². The van der Waals surface area contributed by atoms with E-state index in [1.807, 2.05) is 6.92 Å². The lowest BCUT2D eigenvalue weighted by molar-refractivity contribution is -0.114. The number of methoxy groups -OCH3 is 1. The number of rotatable bonds is 7. The van der Waals surface area contributed by atoms with E-state index >= 15 is 0 Å². The molecule has 2 aromatic rings. The van der Waals surface area contributed by atoms with Crippen molar-refractivity contribution in [3.05, 3.63) is 47.0 Å². The van der Waals surface area contributed by atoms with E-state index in [4.69, 9.17) is 16.3 Å². The summed E-state index contributed by atoms with van der Waals surface area (Å²) in [7, 11) is 1.49. The molecule has 0 aliphatic heterocycles. The van der Waals surface area contributed by atoms with Crippen LogP contribution in [0.1, 0.15) is 5.56 Å². The van der Waals surface area contributed by atoms with Gasteiger partial charge in [-0.1, -0.05) is 23.4 Å². The summed E-state index contributed by atoms with van der Waals surface area (Å²) in [4.78, 5) is 12.6. The summed E-state index contributed by atoms with van der Waals surface area (Å²) in [5.41, 5.74) is 2.01. The zero-order valence-electron chi connectivity index (χ0n) is 13.6. The summed E-state index contributed by atoms with van der Waals surface area (Å²) in [6, 6.07) is 9.80. The van der Waals surface area contributed by atoms with Gasteiger partial charge in [-0.2, -0.15) is 8.78 Å². The van der Waals surface area contributed by atoms with Crippen LogP contribution in [0.5, 0.6) is 5.75 Å². The standard InChI is InChI=1S/C17H17ClF2N2O2S/c1-10-7-14(15(24-2)8-13(10)18)22-16(23)9-21-11-3-5-12(6-4-11)25-17(19)20/h3-8,17,21H,9H2,1-2H3,(H,22,23). The fourth-order valence-corrected chi connectivity index (χ4v) is 2.71. The summed E-state index contributed by atoms with van der Waals surface area (Å²) >= 11 is 6.51. The smallest absolute Gasteiger partial charge is 0.288 e.